The fraction of sp³-hybridized carbons (Fsp3) is 0.238. The van der Waals surface area contributed by atoms with E-state index in [-0.39, 0.29) is 28.0 Å². The Morgan fingerprint density at radius 2 is 1.80 bits per heavy atom. The number of amides is 1. The Labute approximate surface area is 174 Å². The van der Waals surface area contributed by atoms with E-state index in [0.717, 1.165) is 23.9 Å². The number of anilines is 1. The number of hydrogen-bond acceptors (Lipinski definition) is 5. The van der Waals surface area contributed by atoms with Crippen molar-refractivity contribution >= 4 is 40.0 Å². The number of carbonyl (C=O) groups excluding carboxylic acids is 2. The highest BCUT2D eigenvalue weighted by Gasteiger charge is 2.35. The lowest BCUT2D eigenvalue weighted by molar-refractivity contribution is -0.145. The second kappa shape index (κ2) is 8.06. The van der Waals surface area contributed by atoms with Crippen molar-refractivity contribution in [3.63, 3.8) is 0 Å². The normalized spacial score (nSPS) is 14.5. The van der Waals surface area contributed by atoms with Gasteiger partial charge >= 0.3 is 6.18 Å². The molecule has 5 nitrogen and oxygen atoms in total. The van der Waals surface area contributed by atoms with E-state index in [4.69, 9.17) is 0 Å². The van der Waals surface area contributed by atoms with Gasteiger partial charge in [-0.25, -0.2) is 9.97 Å². The molecule has 3 aromatic rings. The Kier molecular flexibility index (Phi) is 5.46. The lowest BCUT2D eigenvalue weighted by Gasteiger charge is -2.15. The van der Waals surface area contributed by atoms with Crippen molar-refractivity contribution < 1.29 is 22.8 Å². The van der Waals surface area contributed by atoms with Gasteiger partial charge in [-0.3, -0.25) is 9.59 Å². The van der Waals surface area contributed by atoms with Crippen LogP contribution in [0.4, 0.5) is 18.9 Å². The number of thioether (sulfide) groups is 1. The van der Waals surface area contributed by atoms with Crippen LogP contribution in [-0.2, 0) is 11.0 Å². The molecule has 2 heterocycles. The largest absolute Gasteiger partial charge is 0.451 e. The third kappa shape index (κ3) is 4.16. The summed E-state index contributed by atoms with van der Waals surface area (Å²) in [7, 11) is 0. The van der Waals surface area contributed by atoms with E-state index < -0.39 is 12.0 Å². The molecule has 0 aliphatic carbocycles. The zero-order chi connectivity index (χ0) is 21.3. The number of fused-ring (bicyclic) bond motifs is 1. The number of hydrogen-bond donors (Lipinski definition) is 0. The van der Waals surface area contributed by atoms with Crippen LogP contribution < -0.4 is 4.90 Å². The van der Waals surface area contributed by atoms with Crippen LogP contribution in [0.2, 0.25) is 0 Å². The summed E-state index contributed by atoms with van der Waals surface area (Å²) in [6.45, 7) is 0.657. The first-order valence-electron chi connectivity index (χ1n) is 9.23. The lowest BCUT2D eigenvalue weighted by Crippen LogP contribution is -2.23. The van der Waals surface area contributed by atoms with Crippen molar-refractivity contribution in [3.8, 4) is 0 Å². The molecular formula is C21H16F3N3O2S. The number of aromatic nitrogens is 2. The second-order valence-corrected chi connectivity index (χ2v) is 7.74. The molecule has 30 heavy (non-hydrogen) atoms. The maximum absolute atomic E-state index is 13.1. The molecule has 0 atom stereocenters. The lowest BCUT2D eigenvalue weighted by atomic mass is 10.1. The van der Waals surface area contributed by atoms with Gasteiger partial charge in [0.1, 0.15) is 5.03 Å². The Bertz CT molecular complexity index is 1120. The minimum atomic E-state index is -4.67. The number of rotatable bonds is 5. The Hall–Kier alpha value is -2.94. The molecule has 1 amide bonds. The SMILES string of the molecule is O=C(CSc1nc(C(F)(F)F)nc2ccccc12)c1ccc(N2CCCC2=O)cc1. The maximum atomic E-state index is 13.1. The monoisotopic (exact) mass is 431 g/mol. The van der Waals surface area contributed by atoms with E-state index in [1.807, 2.05) is 0 Å². The molecule has 1 aliphatic rings. The number of ketones is 1. The molecule has 1 aromatic heterocycles. The molecule has 9 heteroatoms. The van der Waals surface area contributed by atoms with Gasteiger partial charge in [-0.1, -0.05) is 30.0 Å². The molecular weight excluding hydrogens is 415 g/mol. The fourth-order valence-electron chi connectivity index (χ4n) is 3.25. The Morgan fingerprint density at radius 1 is 1.07 bits per heavy atom. The van der Waals surface area contributed by atoms with Crippen molar-refractivity contribution in [2.45, 2.75) is 24.0 Å². The van der Waals surface area contributed by atoms with Gasteiger partial charge in [0, 0.05) is 29.6 Å². The van der Waals surface area contributed by atoms with Crippen LogP contribution in [0.5, 0.6) is 0 Å². The van der Waals surface area contributed by atoms with Gasteiger partial charge in [0.05, 0.1) is 11.3 Å². The molecule has 0 unspecified atom stereocenters. The number of nitrogens with zero attached hydrogens (tertiary/aromatic N) is 3. The Morgan fingerprint density at radius 3 is 2.47 bits per heavy atom. The predicted molar refractivity (Wildman–Crippen MR) is 108 cm³/mol. The summed E-state index contributed by atoms with van der Waals surface area (Å²) in [5.41, 5.74) is 1.33. The first kappa shape index (κ1) is 20.3. The third-order valence-electron chi connectivity index (χ3n) is 4.74. The number of halogens is 3. The molecule has 2 aromatic carbocycles. The van der Waals surface area contributed by atoms with Crippen LogP contribution in [0.15, 0.2) is 53.6 Å². The molecule has 0 spiro atoms. The van der Waals surface area contributed by atoms with E-state index in [0.29, 0.717) is 23.9 Å². The number of carbonyl (C=O) groups is 2. The predicted octanol–water partition coefficient (Wildman–Crippen LogP) is 4.75. The zero-order valence-corrected chi connectivity index (χ0v) is 16.5. The highest BCUT2D eigenvalue weighted by molar-refractivity contribution is 8.00. The number of Topliss-reactive ketones (excluding diaryl/α,β-unsaturated/α-hetero) is 1. The van der Waals surface area contributed by atoms with Gasteiger partial charge in [-0.15, -0.1) is 0 Å². The van der Waals surface area contributed by atoms with Crippen LogP contribution in [0.3, 0.4) is 0 Å². The van der Waals surface area contributed by atoms with Gasteiger partial charge in [0.25, 0.3) is 0 Å². The summed E-state index contributed by atoms with van der Waals surface area (Å²) < 4.78 is 39.4. The van der Waals surface area contributed by atoms with Crippen LogP contribution in [-0.4, -0.2) is 34.0 Å². The van der Waals surface area contributed by atoms with Crippen LogP contribution >= 0.6 is 11.8 Å². The minimum absolute atomic E-state index is 0.0562. The van der Waals surface area contributed by atoms with E-state index >= 15 is 0 Å². The maximum Gasteiger partial charge on any atom is 0.451 e. The average molecular weight is 431 g/mol. The molecule has 1 saturated heterocycles. The summed E-state index contributed by atoms with van der Waals surface area (Å²) in [4.78, 5) is 33.3. The van der Waals surface area contributed by atoms with Gasteiger partial charge in [0.2, 0.25) is 11.7 Å². The van der Waals surface area contributed by atoms with Gasteiger partial charge in [-0.2, -0.15) is 13.2 Å². The highest BCUT2D eigenvalue weighted by atomic mass is 32.2. The smallest absolute Gasteiger partial charge is 0.312 e. The molecule has 0 radical (unpaired) electrons. The molecule has 154 valence electrons. The number of para-hydroxylation sites is 1. The standard InChI is InChI=1S/C21H16F3N3O2S/c22-21(23,24)20-25-16-5-2-1-4-15(16)19(26-20)30-12-17(28)13-7-9-14(10-8-13)27-11-3-6-18(27)29/h1-2,4-5,7-10H,3,6,11-12H2. The molecule has 4 rings (SSSR count). The summed E-state index contributed by atoms with van der Waals surface area (Å²) in [5, 5.41) is 0.576. The zero-order valence-electron chi connectivity index (χ0n) is 15.6. The quantitative estimate of drug-likeness (QED) is 0.331. The van der Waals surface area contributed by atoms with Crippen LogP contribution in [0.1, 0.15) is 29.0 Å². The van der Waals surface area contributed by atoms with E-state index in [1.165, 1.54) is 6.07 Å². The summed E-state index contributed by atoms with van der Waals surface area (Å²) in [5.74, 6) is -1.48. The minimum Gasteiger partial charge on any atom is -0.312 e. The van der Waals surface area contributed by atoms with Crippen molar-refractivity contribution in [1.82, 2.24) is 9.97 Å². The molecule has 0 saturated carbocycles. The van der Waals surface area contributed by atoms with Crippen molar-refractivity contribution in [2.24, 2.45) is 0 Å². The van der Waals surface area contributed by atoms with Crippen LogP contribution in [0, 0.1) is 0 Å². The first-order valence-corrected chi connectivity index (χ1v) is 10.2. The first-order chi connectivity index (χ1) is 14.3. The number of alkyl halides is 3. The third-order valence-corrected chi connectivity index (χ3v) is 5.73. The van der Waals surface area contributed by atoms with Crippen molar-refractivity contribution in [1.29, 1.82) is 0 Å². The summed E-state index contributed by atoms with van der Waals surface area (Å²) in [6.07, 6.45) is -3.35. The second-order valence-electron chi connectivity index (χ2n) is 6.77. The van der Waals surface area contributed by atoms with E-state index in [2.05, 4.69) is 9.97 Å². The average Bonchev–Trinajstić information content (AvgIpc) is 3.17. The van der Waals surface area contributed by atoms with E-state index in [9.17, 15) is 22.8 Å². The molecule has 1 fully saturated rings. The summed E-state index contributed by atoms with van der Waals surface area (Å²) >= 11 is 0.948. The topological polar surface area (TPSA) is 63.2 Å². The van der Waals surface area contributed by atoms with Gasteiger partial charge in [0.15, 0.2) is 5.78 Å². The molecule has 0 bridgehead atoms. The molecule has 0 N–H and O–H groups in total. The van der Waals surface area contributed by atoms with Gasteiger partial charge < -0.3 is 4.90 Å². The highest BCUT2D eigenvalue weighted by Crippen LogP contribution is 2.32. The number of benzene rings is 2. The summed E-state index contributed by atoms with van der Waals surface area (Å²) in [6, 6.07) is 13.1. The van der Waals surface area contributed by atoms with E-state index in [1.54, 1.807) is 47.4 Å². The van der Waals surface area contributed by atoms with Crippen LogP contribution in [0.25, 0.3) is 10.9 Å². The Balaban J connectivity index is 1.52. The van der Waals surface area contributed by atoms with Gasteiger partial charge in [-0.05, 0) is 36.8 Å². The molecule has 1 aliphatic heterocycles. The van der Waals surface area contributed by atoms with Crippen molar-refractivity contribution in [3.05, 3.63) is 59.9 Å². The fourth-order valence-corrected chi connectivity index (χ4v) is 4.16. The van der Waals surface area contributed by atoms with Crippen molar-refractivity contribution in [2.75, 3.05) is 17.2 Å².